The molecule has 2 aromatic rings. The number of halogens is 1. The summed E-state index contributed by atoms with van der Waals surface area (Å²) < 4.78 is 31.5. The average Bonchev–Trinajstić information content (AvgIpc) is 3.09. The highest BCUT2D eigenvalue weighted by molar-refractivity contribution is 7.91. The van der Waals surface area contributed by atoms with E-state index in [4.69, 9.17) is 11.6 Å². The topological polar surface area (TPSA) is 66.4 Å². The maximum atomic E-state index is 12.6. The largest absolute Gasteiger partial charge is 0.295 e. The Kier molecular flexibility index (Phi) is 4.81. The molecule has 1 saturated heterocycles. The number of hydrogen-bond acceptors (Lipinski definition) is 7. The zero-order valence-corrected chi connectivity index (χ0v) is 15.1. The van der Waals surface area contributed by atoms with Crippen molar-refractivity contribution >= 4 is 44.5 Å². The van der Waals surface area contributed by atoms with Gasteiger partial charge < -0.3 is 0 Å². The lowest BCUT2D eigenvalue weighted by molar-refractivity contribution is 0.180. The molecule has 0 N–H and O–H groups in total. The minimum atomic E-state index is -3.36. The summed E-state index contributed by atoms with van der Waals surface area (Å²) in [6.45, 7) is 4.81. The van der Waals surface area contributed by atoms with Gasteiger partial charge in [-0.2, -0.15) is 4.31 Å². The van der Waals surface area contributed by atoms with Gasteiger partial charge in [0.25, 0.3) is 10.0 Å². The third-order valence-corrected chi connectivity index (χ3v) is 7.87. The first-order valence-corrected chi connectivity index (χ1v) is 10.1. The fraction of sp³-hybridized carbons (Fsp3) is 0.500. The van der Waals surface area contributed by atoms with Gasteiger partial charge in [0.1, 0.15) is 14.2 Å². The summed E-state index contributed by atoms with van der Waals surface area (Å²) in [4.78, 5) is 3.15. The van der Waals surface area contributed by atoms with E-state index in [1.165, 1.54) is 22.9 Å². The molecule has 0 spiro atoms. The Morgan fingerprint density at radius 1 is 1.27 bits per heavy atom. The van der Waals surface area contributed by atoms with Gasteiger partial charge in [-0.3, -0.25) is 4.90 Å². The Balaban J connectivity index is 1.63. The summed E-state index contributed by atoms with van der Waals surface area (Å²) in [5.74, 6) is 0. The molecule has 3 heterocycles. The van der Waals surface area contributed by atoms with Crippen molar-refractivity contribution in [2.75, 3.05) is 26.2 Å². The van der Waals surface area contributed by atoms with Crippen LogP contribution in [0.3, 0.4) is 0 Å². The number of hydrogen-bond donors (Lipinski definition) is 0. The van der Waals surface area contributed by atoms with Crippen LogP contribution in [0.25, 0.3) is 0 Å². The van der Waals surface area contributed by atoms with E-state index in [-0.39, 0.29) is 0 Å². The summed E-state index contributed by atoms with van der Waals surface area (Å²) in [6, 6.07) is 3.52. The maximum Gasteiger partial charge on any atom is 0.252 e. The summed E-state index contributed by atoms with van der Waals surface area (Å²) in [5.41, 5.74) is 0.761. The maximum absolute atomic E-state index is 12.6. The minimum absolute atomic E-state index is 0.421. The van der Waals surface area contributed by atoms with Crippen LogP contribution >= 0.6 is 34.5 Å². The second-order valence-corrected chi connectivity index (χ2v) is 9.85. The highest BCUT2D eigenvalue weighted by Crippen LogP contribution is 2.26. The molecule has 1 fully saturated rings. The van der Waals surface area contributed by atoms with Crippen molar-refractivity contribution in [2.45, 2.75) is 17.7 Å². The fourth-order valence-electron chi connectivity index (χ4n) is 2.31. The van der Waals surface area contributed by atoms with Crippen LogP contribution in [0.4, 0.5) is 0 Å². The molecule has 6 nitrogen and oxygen atoms in total. The standard InChI is InChI=1S/C12H15ClN4O2S3/c1-9-2-3-11(20-9)22(18,19)17-6-4-16(5-7-17)8-10-12(13)21-15-14-10/h2-3H,4-8H2,1H3. The van der Waals surface area contributed by atoms with Crippen molar-refractivity contribution in [3.63, 3.8) is 0 Å². The molecule has 0 atom stereocenters. The van der Waals surface area contributed by atoms with Gasteiger partial charge in [-0.1, -0.05) is 16.1 Å². The smallest absolute Gasteiger partial charge is 0.252 e. The van der Waals surface area contributed by atoms with Crippen LogP contribution in [-0.4, -0.2) is 53.4 Å². The monoisotopic (exact) mass is 378 g/mol. The SMILES string of the molecule is Cc1ccc(S(=O)(=O)N2CCN(Cc3nnsc3Cl)CC2)s1. The molecule has 0 amide bonds. The molecule has 0 bridgehead atoms. The summed E-state index contributed by atoms with van der Waals surface area (Å²) in [6.07, 6.45) is 0. The molecule has 120 valence electrons. The van der Waals surface area contributed by atoms with E-state index in [0.29, 0.717) is 41.3 Å². The van der Waals surface area contributed by atoms with Crippen molar-refractivity contribution in [3.8, 4) is 0 Å². The van der Waals surface area contributed by atoms with E-state index in [2.05, 4.69) is 14.5 Å². The molecule has 22 heavy (non-hydrogen) atoms. The third kappa shape index (κ3) is 3.34. The zero-order valence-electron chi connectivity index (χ0n) is 11.9. The second-order valence-electron chi connectivity index (χ2n) is 5.04. The van der Waals surface area contributed by atoms with E-state index < -0.39 is 10.0 Å². The van der Waals surface area contributed by atoms with Crippen LogP contribution in [-0.2, 0) is 16.6 Å². The fourth-order valence-corrected chi connectivity index (χ4v) is 5.78. The molecule has 0 radical (unpaired) electrons. The van der Waals surface area contributed by atoms with Crippen molar-refractivity contribution in [3.05, 3.63) is 27.0 Å². The van der Waals surface area contributed by atoms with E-state index in [0.717, 1.165) is 10.6 Å². The molecule has 1 aliphatic heterocycles. The van der Waals surface area contributed by atoms with Crippen molar-refractivity contribution < 1.29 is 8.42 Å². The minimum Gasteiger partial charge on any atom is -0.295 e. The molecule has 0 saturated carbocycles. The lowest BCUT2D eigenvalue weighted by Gasteiger charge is -2.33. The Morgan fingerprint density at radius 3 is 2.55 bits per heavy atom. The van der Waals surface area contributed by atoms with Crippen molar-refractivity contribution in [1.82, 2.24) is 18.8 Å². The van der Waals surface area contributed by atoms with Gasteiger partial charge in [-0.25, -0.2) is 8.42 Å². The van der Waals surface area contributed by atoms with Gasteiger partial charge in [-0.15, -0.1) is 16.4 Å². The Hall–Kier alpha value is -0.580. The molecule has 10 heteroatoms. The highest BCUT2D eigenvalue weighted by Gasteiger charge is 2.29. The molecule has 0 aliphatic carbocycles. The van der Waals surface area contributed by atoms with Crippen LogP contribution in [0.15, 0.2) is 16.3 Å². The van der Waals surface area contributed by atoms with Crippen LogP contribution in [0, 0.1) is 6.92 Å². The number of piperazine rings is 1. The van der Waals surface area contributed by atoms with Gasteiger partial charge in [0.05, 0.1) is 0 Å². The van der Waals surface area contributed by atoms with E-state index >= 15 is 0 Å². The van der Waals surface area contributed by atoms with Crippen LogP contribution in [0.1, 0.15) is 10.6 Å². The van der Waals surface area contributed by atoms with Crippen LogP contribution in [0.2, 0.25) is 4.34 Å². The van der Waals surface area contributed by atoms with Crippen LogP contribution in [0.5, 0.6) is 0 Å². The molecular weight excluding hydrogens is 364 g/mol. The van der Waals surface area contributed by atoms with Gasteiger partial charge in [-0.05, 0) is 19.1 Å². The van der Waals surface area contributed by atoms with Gasteiger partial charge in [0, 0.05) is 49.1 Å². The van der Waals surface area contributed by atoms with E-state index in [1.54, 1.807) is 10.4 Å². The molecule has 3 rings (SSSR count). The Bertz CT molecular complexity index is 750. The van der Waals surface area contributed by atoms with Gasteiger partial charge in [0.15, 0.2) is 0 Å². The first-order valence-electron chi connectivity index (χ1n) is 6.72. The van der Waals surface area contributed by atoms with Crippen molar-refractivity contribution in [2.24, 2.45) is 0 Å². The number of aryl methyl sites for hydroxylation is 1. The predicted molar refractivity (Wildman–Crippen MR) is 88.0 cm³/mol. The third-order valence-electron chi connectivity index (χ3n) is 3.52. The predicted octanol–water partition coefficient (Wildman–Crippen LogP) is 2.07. The van der Waals surface area contributed by atoms with E-state index in [1.807, 2.05) is 13.0 Å². The summed E-state index contributed by atoms with van der Waals surface area (Å²) in [5, 5.41) is 3.99. The van der Waals surface area contributed by atoms with Crippen LogP contribution < -0.4 is 0 Å². The Morgan fingerprint density at radius 2 is 2.00 bits per heavy atom. The molecule has 0 unspecified atom stereocenters. The van der Waals surface area contributed by atoms with Gasteiger partial charge >= 0.3 is 0 Å². The number of aromatic nitrogens is 2. The quantitative estimate of drug-likeness (QED) is 0.814. The molecule has 2 aromatic heterocycles. The number of thiophene rings is 1. The summed E-state index contributed by atoms with van der Waals surface area (Å²) >= 11 is 8.49. The normalized spacial score (nSPS) is 17.9. The number of nitrogens with zero attached hydrogens (tertiary/aromatic N) is 4. The molecular formula is C12H15ClN4O2S3. The average molecular weight is 379 g/mol. The second kappa shape index (κ2) is 6.50. The highest BCUT2D eigenvalue weighted by atomic mass is 35.5. The number of rotatable bonds is 4. The van der Waals surface area contributed by atoms with E-state index in [9.17, 15) is 8.42 Å². The molecule has 0 aromatic carbocycles. The number of sulfonamides is 1. The summed E-state index contributed by atoms with van der Waals surface area (Å²) in [7, 11) is -3.36. The zero-order chi connectivity index (χ0) is 15.7. The first kappa shape index (κ1) is 16.3. The Labute approximate surface area is 142 Å². The molecule has 1 aliphatic rings. The lowest BCUT2D eigenvalue weighted by Crippen LogP contribution is -2.48. The first-order chi connectivity index (χ1) is 10.5. The lowest BCUT2D eigenvalue weighted by atomic mass is 10.3. The van der Waals surface area contributed by atoms with Gasteiger partial charge in [0.2, 0.25) is 0 Å². The van der Waals surface area contributed by atoms with Crippen molar-refractivity contribution in [1.29, 1.82) is 0 Å².